The second-order valence-corrected chi connectivity index (χ2v) is 8.36. The van der Waals surface area contributed by atoms with Gasteiger partial charge in [0.1, 0.15) is 5.82 Å². The minimum absolute atomic E-state index is 0.263. The summed E-state index contributed by atoms with van der Waals surface area (Å²) in [6.07, 6.45) is 0. The highest BCUT2D eigenvalue weighted by atomic mass is 35.5. The van der Waals surface area contributed by atoms with E-state index in [0.717, 1.165) is 17.1 Å². The molecule has 0 atom stereocenters. The van der Waals surface area contributed by atoms with Crippen LogP contribution in [0.25, 0.3) is 0 Å². The molecule has 1 aromatic heterocycles. The second kappa shape index (κ2) is 10.5. The molecule has 176 valence electrons. The maximum absolute atomic E-state index is 13.3. The number of benzene rings is 2. The van der Waals surface area contributed by atoms with E-state index in [1.165, 1.54) is 12.1 Å². The first-order valence-electron chi connectivity index (χ1n) is 10.9. The maximum atomic E-state index is 13.3. The zero-order valence-corrected chi connectivity index (χ0v) is 19.7. The van der Waals surface area contributed by atoms with Gasteiger partial charge in [-0.3, -0.25) is 5.32 Å². The molecule has 10 heteroatoms. The van der Waals surface area contributed by atoms with Gasteiger partial charge in [0, 0.05) is 54.0 Å². The zero-order chi connectivity index (χ0) is 24.1. The topological polar surface area (TPSA) is 85.7 Å². The molecule has 1 saturated heterocycles. The number of aromatic nitrogens is 2. The van der Waals surface area contributed by atoms with Crippen molar-refractivity contribution in [3.8, 4) is 0 Å². The normalized spacial score (nSPS) is 14.2. The molecule has 4 rings (SSSR count). The molecular formula is C24H25ClFN7O. The Balaban J connectivity index is 1.51. The molecule has 2 aromatic carbocycles. The highest BCUT2D eigenvalue weighted by Crippen LogP contribution is 2.18. The number of aryl methyl sites for hydroxylation is 2. The van der Waals surface area contributed by atoms with Crippen molar-refractivity contribution in [2.24, 2.45) is 4.99 Å². The van der Waals surface area contributed by atoms with E-state index < -0.39 is 6.03 Å². The van der Waals surface area contributed by atoms with Crippen LogP contribution in [0.15, 0.2) is 59.6 Å². The molecule has 1 aliphatic heterocycles. The second-order valence-electron chi connectivity index (χ2n) is 7.92. The highest BCUT2D eigenvalue weighted by molar-refractivity contribution is 6.30. The Morgan fingerprint density at radius 2 is 1.59 bits per heavy atom. The van der Waals surface area contributed by atoms with E-state index in [1.54, 1.807) is 36.4 Å². The average Bonchev–Trinajstić information content (AvgIpc) is 2.80. The van der Waals surface area contributed by atoms with Gasteiger partial charge in [0.25, 0.3) is 5.95 Å². The first kappa shape index (κ1) is 23.4. The third-order valence-corrected chi connectivity index (χ3v) is 5.53. The fraction of sp³-hybridized carbons (Fsp3) is 0.250. The molecule has 0 bridgehead atoms. The number of anilines is 2. The summed E-state index contributed by atoms with van der Waals surface area (Å²) < 4.78 is 13.3. The first-order valence-corrected chi connectivity index (χ1v) is 11.2. The van der Waals surface area contributed by atoms with Crippen molar-refractivity contribution in [1.29, 1.82) is 0 Å². The number of urea groups is 1. The van der Waals surface area contributed by atoms with Crippen LogP contribution in [0.1, 0.15) is 11.4 Å². The standard InChI is InChI=1S/C24H25ClFN7O/c1-16-15-17(2)28-22(27-16)30-23(31-24(34)29-20-7-3-18(25)4-8-20)33-13-11-32(12-14-33)21-9-5-19(26)6-10-21/h3-10,15H,11-14H2,1-2H3,(H2,27,28,29,30,31,34). The molecule has 3 aromatic rings. The SMILES string of the molecule is Cc1cc(C)nc(/N=C(/NC(=O)Nc2ccc(Cl)cc2)N2CCN(c3ccc(F)cc3)CC2)n1. The van der Waals surface area contributed by atoms with E-state index in [0.29, 0.717) is 42.8 Å². The van der Waals surface area contributed by atoms with Crippen LogP contribution in [-0.2, 0) is 0 Å². The summed E-state index contributed by atoms with van der Waals surface area (Å²) in [4.78, 5) is 30.2. The number of nitrogens with one attached hydrogen (secondary N) is 2. The summed E-state index contributed by atoms with van der Waals surface area (Å²) in [5, 5.41) is 6.21. The number of piperazine rings is 1. The molecule has 1 fully saturated rings. The number of hydrogen-bond donors (Lipinski definition) is 2. The predicted molar refractivity (Wildman–Crippen MR) is 132 cm³/mol. The molecule has 0 unspecified atom stereocenters. The molecule has 0 spiro atoms. The van der Waals surface area contributed by atoms with Crippen LogP contribution in [0.5, 0.6) is 0 Å². The highest BCUT2D eigenvalue weighted by Gasteiger charge is 2.22. The van der Waals surface area contributed by atoms with Crippen LogP contribution in [0, 0.1) is 19.7 Å². The van der Waals surface area contributed by atoms with Gasteiger partial charge in [0.15, 0.2) is 0 Å². The number of carbonyl (C=O) groups is 1. The Kier molecular flexibility index (Phi) is 7.22. The number of carbonyl (C=O) groups excluding carboxylic acids is 1. The minimum atomic E-state index is -0.439. The van der Waals surface area contributed by atoms with Crippen molar-refractivity contribution in [2.45, 2.75) is 13.8 Å². The zero-order valence-electron chi connectivity index (χ0n) is 18.9. The summed E-state index contributed by atoms with van der Waals surface area (Å²) >= 11 is 5.92. The Bertz CT molecular complexity index is 1160. The van der Waals surface area contributed by atoms with Crippen LogP contribution in [0.3, 0.4) is 0 Å². The van der Waals surface area contributed by atoms with Crippen molar-refractivity contribution in [3.63, 3.8) is 0 Å². The molecule has 0 radical (unpaired) electrons. The number of aliphatic imine (C=N–C) groups is 1. The summed E-state index contributed by atoms with van der Waals surface area (Å²) in [6, 6.07) is 14.7. The Morgan fingerprint density at radius 1 is 0.971 bits per heavy atom. The number of guanidine groups is 1. The van der Waals surface area contributed by atoms with Gasteiger partial charge in [-0.25, -0.2) is 19.2 Å². The first-order chi connectivity index (χ1) is 16.4. The smallest absolute Gasteiger partial charge is 0.326 e. The number of amides is 2. The van der Waals surface area contributed by atoms with Gasteiger partial charge in [0.05, 0.1) is 0 Å². The monoisotopic (exact) mass is 481 g/mol. The molecule has 2 amide bonds. The van der Waals surface area contributed by atoms with Gasteiger partial charge in [0.2, 0.25) is 5.96 Å². The fourth-order valence-electron chi connectivity index (χ4n) is 3.66. The van der Waals surface area contributed by atoms with Crippen molar-refractivity contribution in [3.05, 3.63) is 76.8 Å². The van der Waals surface area contributed by atoms with E-state index in [-0.39, 0.29) is 11.8 Å². The quantitative estimate of drug-likeness (QED) is 0.424. The van der Waals surface area contributed by atoms with Crippen LogP contribution in [-0.4, -0.2) is 53.0 Å². The average molecular weight is 482 g/mol. The number of hydrogen-bond acceptors (Lipinski definition) is 5. The Hall–Kier alpha value is -3.72. The van der Waals surface area contributed by atoms with E-state index in [1.807, 2.05) is 24.8 Å². The van der Waals surface area contributed by atoms with Gasteiger partial charge in [-0.15, -0.1) is 0 Å². The Labute approximate surface area is 202 Å². The van der Waals surface area contributed by atoms with Crippen molar-refractivity contribution in [2.75, 3.05) is 36.4 Å². The summed E-state index contributed by atoms with van der Waals surface area (Å²) in [7, 11) is 0. The molecular weight excluding hydrogens is 457 g/mol. The molecule has 2 heterocycles. The third-order valence-electron chi connectivity index (χ3n) is 5.27. The predicted octanol–water partition coefficient (Wildman–Crippen LogP) is 4.52. The van der Waals surface area contributed by atoms with Crippen LogP contribution in [0.2, 0.25) is 5.02 Å². The lowest BCUT2D eigenvalue weighted by atomic mass is 10.2. The van der Waals surface area contributed by atoms with Gasteiger partial charge in [-0.2, -0.15) is 4.99 Å². The van der Waals surface area contributed by atoms with Gasteiger partial charge >= 0.3 is 6.03 Å². The van der Waals surface area contributed by atoms with Crippen LogP contribution < -0.4 is 15.5 Å². The largest absolute Gasteiger partial charge is 0.368 e. The van der Waals surface area contributed by atoms with Crippen molar-refractivity contribution >= 4 is 40.9 Å². The fourth-order valence-corrected chi connectivity index (χ4v) is 3.78. The third kappa shape index (κ3) is 6.20. The van der Waals surface area contributed by atoms with Gasteiger partial charge in [-0.1, -0.05) is 11.6 Å². The maximum Gasteiger partial charge on any atom is 0.326 e. The van der Waals surface area contributed by atoms with Crippen molar-refractivity contribution < 1.29 is 9.18 Å². The van der Waals surface area contributed by atoms with E-state index in [2.05, 4.69) is 30.5 Å². The summed E-state index contributed by atoms with van der Waals surface area (Å²) in [6.45, 7) is 6.30. The van der Waals surface area contributed by atoms with Gasteiger partial charge < -0.3 is 15.1 Å². The lowest BCUT2D eigenvalue weighted by Crippen LogP contribution is -2.54. The lowest BCUT2D eigenvalue weighted by Gasteiger charge is -2.37. The number of rotatable bonds is 3. The molecule has 8 nitrogen and oxygen atoms in total. The van der Waals surface area contributed by atoms with E-state index in [4.69, 9.17) is 11.6 Å². The van der Waals surface area contributed by atoms with Crippen molar-refractivity contribution in [1.82, 2.24) is 20.2 Å². The molecule has 34 heavy (non-hydrogen) atoms. The lowest BCUT2D eigenvalue weighted by molar-refractivity contribution is 0.254. The molecule has 1 aliphatic rings. The number of nitrogens with zero attached hydrogens (tertiary/aromatic N) is 5. The van der Waals surface area contributed by atoms with Crippen LogP contribution >= 0.6 is 11.6 Å². The molecule has 0 saturated carbocycles. The van der Waals surface area contributed by atoms with E-state index in [9.17, 15) is 9.18 Å². The molecule has 0 aliphatic carbocycles. The molecule has 2 N–H and O–H groups in total. The van der Waals surface area contributed by atoms with Gasteiger partial charge in [-0.05, 0) is 68.4 Å². The number of halogens is 2. The van der Waals surface area contributed by atoms with Crippen LogP contribution in [0.4, 0.5) is 26.5 Å². The minimum Gasteiger partial charge on any atom is -0.368 e. The summed E-state index contributed by atoms with van der Waals surface area (Å²) in [5.41, 5.74) is 3.13. The summed E-state index contributed by atoms with van der Waals surface area (Å²) in [5.74, 6) is 0.372. The Morgan fingerprint density at radius 3 is 2.21 bits per heavy atom. The van der Waals surface area contributed by atoms with E-state index >= 15 is 0 Å².